The molecule has 21 heavy (non-hydrogen) atoms. The lowest BCUT2D eigenvalue weighted by Crippen LogP contribution is -2.21. The van der Waals surface area contributed by atoms with Crippen LogP contribution in [-0.4, -0.2) is 18.9 Å². The largest absolute Gasteiger partial charge is 0.355 e. The van der Waals surface area contributed by atoms with Crippen molar-refractivity contribution in [3.8, 4) is 0 Å². The van der Waals surface area contributed by atoms with Crippen molar-refractivity contribution < 1.29 is 9.59 Å². The lowest BCUT2D eigenvalue weighted by Gasteiger charge is -2.06. The van der Waals surface area contributed by atoms with Gasteiger partial charge in [0.25, 0.3) is 5.91 Å². The van der Waals surface area contributed by atoms with Gasteiger partial charge in [-0.15, -0.1) is 11.3 Å². The average Bonchev–Trinajstić information content (AvgIpc) is 2.74. The van der Waals surface area contributed by atoms with Gasteiger partial charge in [-0.25, -0.2) is 0 Å². The molecule has 110 valence electrons. The van der Waals surface area contributed by atoms with Gasteiger partial charge in [-0.2, -0.15) is 0 Å². The first-order valence-corrected chi connectivity index (χ1v) is 7.50. The Bertz CT molecular complexity index is 662. The van der Waals surface area contributed by atoms with Crippen LogP contribution in [0.3, 0.4) is 0 Å². The van der Waals surface area contributed by atoms with Crippen molar-refractivity contribution in [3.05, 3.63) is 51.9 Å². The van der Waals surface area contributed by atoms with Crippen molar-refractivity contribution in [1.82, 2.24) is 5.32 Å². The summed E-state index contributed by atoms with van der Waals surface area (Å²) in [5.41, 5.74) is 2.41. The Labute approximate surface area is 128 Å². The zero-order valence-electron chi connectivity index (χ0n) is 12.3. The van der Waals surface area contributed by atoms with Crippen LogP contribution in [0.2, 0.25) is 0 Å². The second kappa shape index (κ2) is 6.54. The number of thiophene rings is 1. The molecule has 2 rings (SSSR count). The molecule has 0 radical (unpaired) electrons. The van der Waals surface area contributed by atoms with E-state index in [4.69, 9.17) is 0 Å². The summed E-state index contributed by atoms with van der Waals surface area (Å²) in [6.07, 6.45) is 0.296. The predicted octanol–water partition coefficient (Wildman–Crippen LogP) is 2.91. The molecule has 0 aliphatic heterocycles. The maximum Gasteiger partial charge on any atom is 0.254 e. The maximum atomic E-state index is 12.1. The number of amides is 2. The van der Waals surface area contributed by atoms with Crippen molar-refractivity contribution in [3.63, 3.8) is 0 Å². The Morgan fingerprint density at radius 1 is 1.14 bits per heavy atom. The molecule has 0 saturated heterocycles. The maximum absolute atomic E-state index is 12.1. The van der Waals surface area contributed by atoms with Gasteiger partial charge in [-0.3, -0.25) is 9.59 Å². The second-order valence-electron chi connectivity index (χ2n) is 4.78. The molecule has 0 fully saturated rings. The smallest absolute Gasteiger partial charge is 0.254 e. The number of carbonyl (C=O) groups is 2. The molecule has 5 heteroatoms. The highest BCUT2D eigenvalue weighted by molar-refractivity contribution is 7.16. The fourth-order valence-electron chi connectivity index (χ4n) is 2.07. The fraction of sp³-hybridized carbons (Fsp3) is 0.250. The molecule has 0 bridgehead atoms. The highest BCUT2D eigenvalue weighted by atomic mass is 32.1. The molecular weight excluding hydrogens is 284 g/mol. The number of benzene rings is 1. The molecule has 4 nitrogen and oxygen atoms in total. The van der Waals surface area contributed by atoms with E-state index >= 15 is 0 Å². The minimum atomic E-state index is -0.174. The van der Waals surface area contributed by atoms with Gasteiger partial charge in [0.1, 0.15) is 5.00 Å². The third-order valence-electron chi connectivity index (χ3n) is 3.30. The molecule has 0 aliphatic rings. The van der Waals surface area contributed by atoms with Crippen molar-refractivity contribution in [1.29, 1.82) is 0 Å². The number of hydrogen-bond donors (Lipinski definition) is 2. The van der Waals surface area contributed by atoms with Gasteiger partial charge >= 0.3 is 0 Å². The fourth-order valence-corrected chi connectivity index (χ4v) is 3.14. The first kappa shape index (κ1) is 15.3. The number of nitrogens with one attached hydrogen (secondary N) is 2. The molecule has 2 aromatic rings. The van der Waals surface area contributed by atoms with Gasteiger partial charge in [0.15, 0.2) is 0 Å². The van der Waals surface area contributed by atoms with E-state index in [0.29, 0.717) is 17.0 Å². The summed E-state index contributed by atoms with van der Waals surface area (Å²) in [5, 5.41) is 6.09. The van der Waals surface area contributed by atoms with Crippen LogP contribution in [0.25, 0.3) is 0 Å². The highest BCUT2D eigenvalue weighted by Gasteiger charge is 2.20. The van der Waals surface area contributed by atoms with Gasteiger partial charge in [0.05, 0.1) is 12.0 Å². The lowest BCUT2D eigenvalue weighted by molar-refractivity contribution is -0.115. The minimum absolute atomic E-state index is 0.118. The Morgan fingerprint density at radius 3 is 2.43 bits per heavy atom. The summed E-state index contributed by atoms with van der Waals surface area (Å²) >= 11 is 1.43. The molecule has 0 saturated carbocycles. The average molecular weight is 302 g/mol. The summed E-state index contributed by atoms with van der Waals surface area (Å²) in [4.78, 5) is 25.1. The van der Waals surface area contributed by atoms with Crippen molar-refractivity contribution >= 4 is 28.2 Å². The molecule has 2 amide bonds. The molecule has 0 unspecified atom stereocenters. The van der Waals surface area contributed by atoms with E-state index in [9.17, 15) is 9.59 Å². The Hall–Kier alpha value is -2.14. The Balaban J connectivity index is 2.18. The summed E-state index contributed by atoms with van der Waals surface area (Å²) < 4.78 is 0. The van der Waals surface area contributed by atoms with Crippen LogP contribution in [-0.2, 0) is 11.2 Å². The molecular formula is C16H18N2O2S. The van der Waals surface area contributed by atoms with Gasteiger partial charge in [-0.05, 0) is 25.0 Å². The van der Waals surface area contributed by atoms with Crippen molar-refractivity contribution in [2.75, 3.05) is 12.4 Å². The third-order valence-corrected chi connectivity index (χ3v) is 4.42. The van der Waals surface area contributed by atoms with E-state index in [0.717, 1.165) is 16.0 Å². The van der Waals surface area contributed by atoms with Crippen LogP contribution in [0.4, 0.5) is 5.00 Å². The Kier molecular flexibility index (Phi) is 4.75. The molecule has 2 N–H and O–H groups in total. The van der Waals surface area contributed by atoms with E-state index < -0.39 is 0 Å². The van der Waals surface area contributed by atoms with Gasteiger partial charge in [-0.1, -0.05) is 30.3 Å². The molecule has 1 aromatic heterocycles. The van der Waals surface area contributed by atoms with E-state index in [1.807, 2.05) is 44.2 Å². The third kappa shape index (κ3) is 3.49. The SMILES string of the molecule is CNC(=O)c1c(NC(=O)Cc2ccccc2)sc(C)c1C. The summed E-state index contributed by atoms with van der Waals surface area (Å²) in [5.74, 6) is -0.292. The Morgan fingerprint density at radius 2 is 1.81 bits per heavy atom. The number of anilines is 1. The second-order valence-corrected chi connectivity index (χ2v) is 6.00. The normalized spacial score (nSPS) is 10.2. The van der Waals surface area contributed by atoms with Crippen LogP contribution in [0.5, 0.6) is 0 Å². The summed E-state index contributed by atoms with van der Waals surface area (Å²) in [6, 6.07) is 9.53. The van der Waals surface area contributed by atoms with E-state index in [-0.39, 0.29) is 11.8 Å². The minimum Gasteiger partial charge on any atom is -0.355 e. The number of hydrogen-bond acceptors (Lipinski definition) is 3. The zero-order chi connectivity index (χ0) is 15.4. The topological polar surface area (TPSA) is 58.2 Å². The van der Waals surface area contributed by atoms with Crippen molar-refractivity contribution in [2.24, 2.45) is 0 Å². The van der Waals surface area contributed by atoms with Crippen LogP contribution < -0.4 is 10.6 Å². The van der Waals surface area contributed by atoms with Crippen LogP contribution >= 0.6 is 11.3 Å². The molecule has 0 aliphatic carbocycles. The molecule has 1 heterocycles. The summed E-state index contributed by atoms with van der Waals surface area (Å²) in [6.45, 7) is 3.84. The quantitative estimate of drug-likeness (QED) is 0.912. The van der Waals surface area contributed by atoms with Crippen LogP contribution in [0.15, 0.2) is 30.3 Å². The first-order chi connectivity index (χ1) is 10.0. The molecule has 1 aromatic carbocycles. The number of carbonyl (C=O) groups excluding carboxylic acids is 2. The van der Waals surface area contributed by atoms with E-state index in [1.54, 1.807) is 7.05 Å². The molecule has 0 atom stereocenters. The van der Waals surface area contributed by atoms with Crippen LogP contribution in [0.1, 0.15) is 26.4 Å². The van der Waals surface area contributed by atoms with E-state index in [2.05, 4.69) is 10.6 Å². The van der Waals surface area contributed by atoms with Gasteiger partial charge in [0, 0.05) is 11.9 Å². The lowest BCUT2D eigenvalue weighted by atomic mass is 10.1. The van der Waals surface area contributed by atoms with Crippen molar-refractivity contribution in [2.45, 2.75) is 20.3 Å². The van der Waals surface area contributed by atoms with Gasteiger partial charge in [0.2, 0.25) is 5.91 Å². The first-order valence-electron chi connectivity index (χ1n) is 6.68. The predicted molar refractivity (Wildman–Crippen MR) is 86.0 cm³/mol. The monoisotopic (exact) mass is 302 g/mol. The van der Waals surface area contributed by atoms with Crippen LogP contribution in [0, 0.1) is 13.8 Å². The van der Waals surface area contributed by atoms with Gasteiger partial charge < -0.3 is 10.6 Å². The van der Waals surface area contributed by atoms with E-state index in [1.165, 1.54) is 11.3 Å². The number of aryl methyl sites for hydroxylation is 1. The number of rotatable bonds is 4. The standard InChI is InChI=1S/C16H18N2O2S/c1-10-11(2)21-16(14(10)15(20)17-3)18-13(19)9-12-7-5-4-6-8-12/h4-8H,9H2,1-3H3,(H,17,20)(H,18,19). The zero-order valence-corrected chi connectivity index (χ0v) is 13.1. The highest BCUT2D eigenvalue weighted by Crippen LogP contribution is 2.32. The summed E-state index contributed by atoms with van der Waals surface area (Å²) in [7, 11) is 1.59. The molecule has 0 spiro atoms.